The van der Waals surface area contributed by atoms with Gasteiger partial charge in [0.1, 0.15) is 23.5 Å². The molecule has 0 amide bonds. The van der Waals surface area contributed by atoms with Crippen molar-refractivity contribution in [2.24, 2.45) is 5.41 Å². The van der Waals surface area contributed by atoms with E-state index in [0.717, 1.165) is 5.56 Å². The molecule has 0 spiro atoms. The van der Waals surface area contributed by atoms with Gasteiger partial charge >= 0.3 is 0 Å². The van der Waals surface area contributed by atoms with Crippen molar-refractivity contribution in [3.63, 3.8) is 0 Å². The van der Waals surface area contributed by atoms with Gasteiger partial charge < -0.3 is 15.7 Å². The third kappa shape index (κ3) is 4.01. The van der Waals surface area contributed by atoms with Crippen molar-refractivity contribution in [2.75, 3.05) is 17.2 Å². The first-order valence-corrected chi connectivity index (χ1v) is 9.37. The highest BCUT2D eigenvalue weighted by Crippen LogP contribution is 2.42. The lowest BCUT2D eigenvalue weighted by molar-refractivity contribution is -0.0511. The monoisotopic (exact) mass is 396 g/mol. The van der Waals surface area contributed by atoms with Crippen LogP contribution >= 0.6 is 11.6 Å². The van der Waals surface area contributed by atoms with E-state index in [1.54, 1.807) is 12.1 Å². The van der Waals surface area contributed by atoms with Crippen LogP contribution in [0.2, 0.25) is 5.02 Å². The number of aromatic nitrogens is 2. The number of benzene rings is 1. The summed E-state index contributed by atoms with van der Waals surface area (Å²) >= 11 is 6.06. The summed E-state index contributed by atoms with van der Waals surface area (Å²) in [6.07, 6.45) is 2.41. The zero-order chi connectivity index (χ0) is 20.3. The molecule has 1 aliphatic carbocycles. The van der Waals surface area contributed by atoms with Crippen LogP contribution in [0.25, 0.3) is 0 Å². The first-order chi connectivity index (χ1) is 13.3. The normalized spacial score (nSPS) is 19.8. The molecule has 2 aromatic rings. The van der Waals surface area contributed by atoms with Crippen molar-refractivity contribution >= 4 is 23.4 Å². The van der Waals surface area contributed by atoms with E-state index >= 15 is 0 Å². The highest BCUT2D eigenvalue weighted by Gasteiger charge is 2.47. The van der Waals surface area contributed by atoms with E-state index in [-0.39, 0.29) is 17.6 Å². The second-order valence-electron chi connectivity index (χ2n) is 7.44. The Labute approximate surface area is 169 Å². The molecule has 0 saturated heterocycles. The molecular formula is C20H21ClN6O. The summed E-state index contributed by atoms with van der Waals surface area (Å²) in [5.74, 6) is 0.880. The van der Waals surface area contributed by atoms with Gasteiger partial charge in [0.2, 0.25) is 5.95 Å². The molecule has 0 aliphatic heterocycles. The molecule has 7 nitrogen and oxygen atoms in total. The van der Waals surface area contributed by atoms with Crippen LogP contribution in [0.15, 0.2) is 24.4 Å². The van der Waals surface area contributed by atoms with Crippen LogP contribution in [-0.4, -0.2) is 33.8 Å². The average Bonchev–Trinajstić information content (AvgIpc) is 2.68. The highest BCUT2D eigenvalue weighted by atomic mass is 35.5. The van der Waals surface area contributed by atoms with Crippen molar-refractivity contribution in [2.45, 2.75) is 38.8 Å². The van der Waals surface area contributed by atoms with Crippen LogP contribution in [0.1, 0.15) is 37.0 Å². The van der Waals surface area contributed by atoms with E-state index in [1.165, 1.54) is 6.20 Å². The van der Waals surface area contributed by atoms with Gasteiger partial charge in [0.05, 0.1) is 22.9 Å². The minimum absolute atomic E-state index is 0.0399. The maximum Gasteiger partial charge on any atom is 0.224 e. The van der Waals surface area contributed by atoms with Crippen LogP contribution in [0.5, 0.6) is 0 Å². The maximum absolute atomic E-state index is 9.90. The predicted octanol–water partition coefficient (Wildman–Crippen LogP) is 3.10. The number of halogens is 1. The Hall–Kier alpha value is -2.87. The SMILES string of the molecule is CC1(C)[C@@H](O)C[C@H]1Nc1nc(NCCc2ccc(C#N)c(Cl)c2)ncc1C#N. The molecule has 28 heavy (non-hydrogen) atoms. The van der Waals surface area contributed by atoms with Crippen LogP contribution < -0.4 is 10.6 Å². The predicted molar refractivity (Wildman–Crippen MR) is 107 cm³/mol. The number of anilines is 2. The van der Waals surface area contributed by atoms with Crippen LogP contribution in [0.4, 0.5) is 11.8 Å². The molecule has 0 bridgehead atoms. The van der Waals surface area contributed by atoms with E-state index < -0.39 is 0 Å². The second-order valence-corrected chi connectivity index (χ2v) is 7.85. The lowest BCUT2D eigenvalue weighted by Gasteiger charge is -2.49. The molecule has 1 aliphatic rings. The fourth-order valence-corrected chi connectivity index (χ4v) is 3.34. The first kappa shape index (κ1) is 19.9. The minimum atomic E-state index is -0.366. The van der Waals surface area contributed by atoms with Crippen LogP contribution in [0.3, 0.4) is 0 Å². The fraction of sp³-hybridized carbons (Fsp3) is 0.400. The van der Waals surface area contributed by atoms with E-state index in [1.807, 2.05) is 26.0 Å². The van der Waals surface area contributed by atoms with Gasteiger partial charge in [0, 0.05) is 18.0 Å². The highest BCUT2D eigenvalue weighted by molar-refractivity contribution is 6.31. The van der Waals surface area contributed by atoms with Gasteiger partial charge in [-0.3, -0.25) is 0 Å². The van der Waals surface area contributed by atoms with Crippen molar-refractivity contribution < 1.29 is 5.11 Å². The fourth-order valence-electron chi connectivity index (χ4n) is 3.09. The summed E-state index contributed by atoms with van der Waals surface area (Å²) in [7, 11) is 0. The smallest absolute Gasteiger partial charge is 0.224 e. The molecule has 0 radical (unpaired) electrons. The van der Waals surface area contributed by atoms with Gasteiger partial charge in [-0.15, -0.1) is 0 Å². The molecule has 3 N–H and O–H groups in total. The number of hydrogen-bond acceptors (Lipinski definition) is 7. The zero-order valence-corrected chi connectivity index (χ0v) is 16.5. The Morgan fingerprint density at radius 3 is 2.64 bits per heavy atom. The van der Waals surface area contributed by atoms with Gasteiger partial charge in [-0.2, -0.15) is 15.5 Å². The second kappa shape index (κ2) is 8.02. The summed E-state index contributed by atoms with van der Waals surface area (Å²) in [4.78, 5) is 8.61. The first-order valence-electron chi connectivity index (χ1n) is 8.99. The van der Waals surface area contributed by atoms with Crippen molar-refractivity contribution in [1.82, 2.24) is 9.97 Å². The number of nitrogens with one attached hydrogen (secondary N) is 2. The Kier molecular flexibility index (Phi) is 5.69. The van der Waals surface area contributed by atoms with Crippen molar-refractivity contribution in [3.8, 4) is 12.1 Å². The molecule has 8 heteroatoms. The molecule has 2 atom stereocenters. The molecule has 1 aromatic heterocycles. The quantitative estimate of drug-likeness (QED) is 0.686. The van der Waals surface area contributed by atoms with Gasteiger partial charge in [-0.05, 0) is 30.5 Å². The molecule has 1 heterocycles. The maximum atomic E-state index is 9.90. The Balaban J connectivity index is 1.64. The molecule has 3 rings (SSSR count). The summed E-state index contributed by atoms with van der Waals surface area (Å²) < 4.78 is 0. The van der Waals surface area contributed by atoms with E-state index in [2.05, 4.69) is 26.7 Å². The summed E-state index contributed by atoms with van der Waals surface area (Å²) in [6, 6.07) is 9.51. The molecule has 0 unspecified atom stereocenters. The van der Waals surface area contributed by atoms with Crippen molar-refractivity contribution in [1.29, 1.82) is 10.5 Å². The largest absolute Gasteiger partial charge is 0.392 e. The van der Waals surface area contributed by atoms with Gasteiger partial charge in [-0.25, -0.2) is 4.98 Å². The lowest BCUT2D eigenvalue weighted by atomic mass is 9.64. The lowest BCUT2D eigenvalue weighted by Crippen LogP contribution is -2.57. The molecule has 1 aromatic carbocycles. The average molecular weight is 397 g/mol. The molecule has 144 valence electrons. The van der Waals surface area contributed by atoms with Crippen LogP contribution in [-0.2, 0) is 6.42 Å². The van der Waals surface area contributed by atoms with Crippen LogP contribution in [0, 0.1) is 28.1 Å². The third-order valence-corrected chi connectivity index (χ3v) is 5.60. The number of aliphatic hydroxyl groups excluding tert-OH is 1. The summed E-state index contributed by atoms with van der Waals surface area (Å²) in [5, 5.41) is 35.0. The van der Waals surface area contributed by atoms with Gasteiger partial charge in [-0.1, -0.05) is 31.5 Å². The Morgan fingerprint density at radius 1 is 1.29 bits per heavy atom. The molecule has 1 fully saturated rings. The van der Waals surface area contributed by atoms with E-state index in [9.17, 15) is 10.4 Å². The third-order valence-electron chi connectivity index (χ3n) is 5.29. The number of hydrogen-bond donors (Lipinski definition) is 3. The standard InChI is InChI=1S/C20H21ClN6O/c1-20(2)16(8-17(20)28)26-18-14(10-23)11-25-19(27-18)24-6-5-12-3-4-13(9-22)15(21)7-12/h3-4,7,11,16-17,28H,5-6,8H2,1-2H3,(H2,24,25,26,27)/t16-,17+/m1/s1. The topological polar surface area (TPSA) is 118 Å². The van der Waals surface area contributed by atoms with E-state index in [0.29, 0.717) is 47.3 Å². The van der Waals surface area contributed by atoms with Gasteiger partial charge in [0.15, 0.2) is 0 Å². The number of nitrogens with zero attached hydrogens (tertiary/aromatic N) is 4. The number of rotatable bonds is 6. The number of aliphatic hydroxyl groups is 1. The Morgan fingerprint density at radius 2 is 2.04 bits per heavy atom. The van der Waals surface area contributed by atoms with E-state index in [4.69, 9.17) is 16.9 Å². The zero-order valence-electron chi connectivity index (χ0n) is 15.7. The minimum Gasteiger partial charge on any atom is -0.392 e. The van der Waals surface area contributed by atoms with Gasteiger partial charge in [0.25, 0.3) is 0 Å². The molecule has 1 saturated carbocycles. The summed E-state index contributed by atoms with van der Waals surface area (Å²) in [5.41, 5.74) is 1.53. The van der Waals surface area contributed by atoms with Crippen molar-refractivity contribution in [3.05, 3.63) is 46.1 Å². The summed E-state index contributed by atoms with van der Waals surface area (Å²) in [6.45, 7) is 4.53. The molecular weight excluding hydrogens is 376 g/mol. The Bertz CT molecular complexity index is 962. The number of nitriles is 2.